The summed E-state index contributed by atoms with van der Waals surface area (Å²) in [5, 5.41) is 0.802. The van der Waals surface area contributed by atoms with Crippen LogP contribution in [0.15, 0.2) is 11.0 Å². The van der Waals surface area contributed by atoms with Crippen molar-refractivity contribution in [3.05, 3.63) is 16.7 Å². The topological polar surface area (TPSA) is 116 Å². The van der Waals surface area contributed by atoms with E-state index in [4.69, 9.17) is 14.6 Å². The maximum absolute atomic E-state index is 11.2. The quantitative estimate of drug-likeness (QED) is 0.477. The molecule has 0 atom stereocenters. The Kier molecular flexibility index (Phi) is 4.41. The van der Waals surface area contributed by atoms with Crippen LogP contribution in [0, 0.1) is 0 Å². The van der Waals surface area contributed by atoms with Crippen LogP contribution in [0.4, 0.5) is 5.82 Å². The molecule has 3 N–H and O–H groups in total. The Morgan fingerprint density at radius 2 is 2.24 bits per heavy atom. The molecule has 1 aromatic rings. The summed E-state index contributed by atoms with van der Waals surface area (Å²) in [7, 11) is -3.19. The third kappa shape index (κ3) is 3.37. The molecule has 0 aliphatic heterocycles. The minimum absolute atomic E-state index is 0.161. The molecular weight excluding hydrogens is 249 g/mol. The molecule has 1 rings (SSSR count). The lowest BCUT2D eigenvalue weighted by Crippen LogP contribution is -2.32. The van der Waals surface area contributed by atoms with E-state index >= 15 is 0 Å². The summed E-state index contributed by atoms with van der Waals surface area (Å²) >= 11 is 0. The lowest BCUT2D eigenvalue weighted by atomic mass is 10.4. The normalized spacial score (nSPS) is 11.5. The van der Waals surface area contributed by atoms with Crippen LogP contribution in [-0.2, 0) is 9.40 Å². The highest BCUT2D eigenvalue weighted by Gasteiger charge is 2.26. The first-order chi connectivity index (χ1) is 7.90. The van der Waals surface area contributed by atoms with Crippen LogP contribution >= 0.6 is 7.60 Å². The molecular formula is C8H14N3O5P. The van der Waals surface area contributed by atoms with Crippen molar-refractivity contribution in [3.63, 3.8) is 0 Å². The van der Waals surface area contributed by atoms with Crippen molar-refractivity contribution >= 4 is 18.7 Å². The van der Waals surface area contributed by atoms with Crippen LogP contribution in [0.1, 0.15) is 13.3 Å². The number of nitrogens with one attached hydrogen (secondary N) is 1. The predicted molar refractivity (Wildman–Crippen MR) is 61.2 cm³/mol. The zero-order valence-electron chi connectivity index (χ0n) is 9.45. The lowest BCUT2D eigenvalue weighted by Gasteiger charge is -2.21. The summed E-state index contributed by atoms with van der Waals surface area (Å²) in [6, 6.07) is 0. The van der Waals surface area contributed by atoms with Crippen LogP contribution in [0.5, 0.6) is 0 Å². The number of aromatic nitrogens is 2. The van der Waals surface area contributed by atoms with E-state index in [0.717, 1.165) is 6.20 Å². The number of anilines is 1. The summed E-state index contributed by atoms with van der Waals surface area (Å²) in [4.78, 5) is 40.0. The van der Waals surface area contributed by atoms with Gasteiger partial charge in [-0.15, -0.1) is 0 Å². The Bertz CT molecular complexity index is 482. The fraction of sp³-hybridized carbons (Fsp3) is 0.500. The maximum atomic E-state index is 11.2. The smallest absolute Gasteiger partial charge is 0.321 e. The summed E-state index contributed by atoms with van der Waals surface area (Å²) in [6.45, 7) is 2.22. The minimum atomic E-state index is -4.52. The van der Waals surface area contributed by atoms with E-state index in [-0.39, 0.29) is 11.1 Å². The first kappa shape index (κ1) is 13.9. The summed E-state index contributed by atoms with van der Waals surface area (Å²) in [5.41, 5.74) is -0.699. The lowest BCUT2D eigenvalue weighted by molar-refractivity contribution is 0.164. The van der Waals surface area contributed by atoms with Crippen molar-refractivity contribution < 1.29 is 19.2 Å². The number of hydroxylamine groups is 1. The van der Waals surface area contributed by atoms with Gasteiger partial charge in [0.15, 0.2) is 5.82 Å². The van der Waals surface area contributed by atoms with Crippen LogP contribution in [-0.4, -0.2) is 33.4 Å². The van der Waals surface area contributed by atoms with Gasteiger partial charge in [-0.3, -0.25) is 9.40 Å². The molecule has 0 saturated heterocycles. The molecule has 1 heterocycles. The number of hydrogen-bond acceptors (Lipinski definition) is 5. The van der Waals surface area contributed by atoms with Gasteiger partial charge in [-0.25, -0.2) is 9.86 Å². The van der Waals surface area contributed by atoms with Crippen molar-refractivity contribution in [1.82, 2.24) is 9.97 Å². The summed E-state index contributed by atoms with van der Waals surface area (Å²) in [5.74, 6) is -0.161. The molecule has 0 unspecified atom stereocenters. The highest BCUT2D eigenvalue weighted by Crippen LogP contribution is 2.35. The van der Waals surface area contributed by atoms with Crippen LogP contribution in [0.2, 0.25) is 0 Å². The molecule has 0 bridgehead atoms. The second-order valence-corrected chi connectivity index (χ2v) is 4.81. The number of hydrogen-bond donors (Lipinski definition) is 3. The Hall–Kier alpha value is -1.21. The Balaban J connectivity index is 3.33. The SMILES string of the molecule is CCCN(OC)c1nc(=O)[nH]cc1P(=O)(O)O. The second kappa shape index (κ2) is 5.42. The molecule has 1 aromatic heterocycles. The highest BCUT2D eigenvalue weighted by molar-refractivity contribution is 7.60. The third-order valence-electron chi connectivity index (χ3n) is 1.97. The van der Waals surface area contributed by atoms with E-state index < -0.39 is 13.3 Å². The summed E-state index contributed by atoms with van der Waals surface area (Å²) in [6.07, 6.45) is 1.62. The van der Waals surface area contributed by atoms with Gasteiger partial charge in [0.25, 0.3) is 0 Å². The van der Waals surface area contributed by atoms with E-state index in [0.29, 0.717) is 13.0 Å². The van der Waals surface area contributed by atoms with Crippen LogP contribution in [0.25, 0.3) is 0 Å². The van der Waals surface area contributed by atoms with Crippen LogP contribution < -0.4 is 16.1 Å². The fourth-order valence-electron chi connectivity index (χ4n) is 1.27. The maximum Gasteiger partial charge on any atom is 0.361 e. The van der Waals surface area contributed by atoms with Crippen molar-refractivity contribution in [2.75, 3.05) is 18.7 Å². The number of nitrogens with zero attached hydrogens (tertiary/aromatic N) is 2. The van der Waals surface area contributed by atoms with E-state index in [1.54, 1.807) is 0 Å². The standard InChI is InChI=1S/C8H14N3O5P/c1-3-4-11(16-2)7-6(17(13,14)15)5-9-8(12)10-7/h5H,3-4H2,1-2H3,(H,9,10,12)(H2,13,14,15). The van der Waals surface area contributed by atoms with Gasteiger partial charge in [-0.05, 0) is 6.42 Å². The first-order valence-corrected chi connectivity index (χ1v) is 6.48. The number of H-pyrrole nitrogens is 1. The fourth-order valence-corrected chi connectivity index (χ4v) is 1.92. The van der Waals surface area contributed by atoms with Gasteiger partial charge in [-0.1, -0.05) is 6.92 Å². The molecule has 0 fully saturated rings. The molecule has 0 aliphatic carbocycles. The zero-order chi connectivity index (χ0) is 13.1. The zero-order valence-corrected chi connectivity index (χ0v) is 10.3. The van der Waals surface area contributed by atoms with Gasteiger partial charge in [0.05, 0.1) is 7.11 Å². The Labute approximate surface area is 97.4 Å². The number of aromatic amines is 1. The van der Waals surface area contributed by atoms with Crippen molar-refractivity contribution in [1.29, 1.82) is 0 Å². The van der Waals surface area contributed by atoms with Gasteiger partial charge in [0.1, 0.15) is 5.30 Å². The largest absolute Gasteiger partial charge is 0.361 e. The summed E-state index contributed by atoms with van der Waals surface area (Å²) < 4.78 is 11.2. The first-order valence-electron chi connectivity index (χ1n) is 4.87. The van der Waals surface area contributed by atoms with Gasteiger partial charge >= 0.3 is 13.3 Å². The van der Waals surface area contributed by atoms with Crippen LogP contribution in [0.3, 0.4) is 0 Å². The molecule has 0 amide bonds. The van der Waals surface area contributed by atoms with Crippen molar-refractivity contribution in [3.8, 4) is 0 Å². The van der Waals surface area contributed by atoms with Gasteiger partial charge in [-0.2, -0.15) is 4.98 Å². The van der Waals surface area contributed by atoms with Crippen molar-refractivity contribution in [2.24, 2.45) is 0 Å². The number of rotatable bonds is 5. The molecule has 0 aliphatic rings. The molecule has 96 valence electrons. The Morgan fingerprint density at radius 3 is 2.71 bits per heavy atom. The average Bonchev–Trinajstić information content (AvgIpc) is 2.24. The molecule has 17 heavy (non-hydrogen) atoms. The highest BCUT2D eigenvalue weighted by atomic mass is 31.2. The van der Waals surface area contributed by atoms with E-state index in [1.807, 2.05) is 6.92 Å². The molecule has 0 saturated carbocycles. The molecule has 9 heteroatoms. The average molecular weight is 263 g/mol. The molecule has 0 radical (unpaired) electrons. The molecule has 0 spiro atoms. The van der Waals surface area contributed by atoms with Gasteiger partial charge in [0.2, 0.25) is 0 Å². The monoisotopic (exact) mass is 263 g/mol. The molecule has 0 aromatic carbocycles. The van der Waals surface area contributed by atoms with E-state index in [9.17, 15) is 9.36 Å². The second-order valence-electron chi connectivity index (χ2n) is 3.24. The Morgan fingerprint density at radius 1 is 1.59 bits per heavy atom. The predicted octanol–water partition coefficient (Wildman–Crippen LogP) is -0.649. The van der Waals surface area contributed by atoms with E-state index in [2.05, 4.69) is 9.97 Å². The minimum Gasteiger partial charge on any atom is -0.321 e. The van der Waals surface area contributed by atoms with Crippen molar-refractivity contribution in [2.45, 2.75) is 13.3 Å². The van der Waals surface area contributed by atoms with E-state index in [1.165, 1.54) is 12.2 Å². The van der Waals surface area contributed by atoms with Gasteiger partial charge < -0.3 is 14.8 Å². The third-order valence-corrected chi connectivity index (χ3v) is 2.92. The van der Waals surface area contributed by atoms with Gasteiger partial charge in [0, 0.05) is 12.7 Å². The molecule has 8 nitrogen and oxygen atoms in total.